The van der Waals surface area contributed by atoms with Crippen LogP contribution in [0.4, 0.5) is 5.69 Å². The van der Waals surface area contributed by atoms with E-state index in [9.17, 15) is 4.79 Å². The summed E-state index contributed by atoms with van der Waals surface area (Å²) in [7, 11) is 1.60. The maximum atomic E-state index is 12.3. The molecule has 5 nitrogen and oxygen atoms in total. The molecule has 0 spiro atoms. The van der Waals surface area contributed by atoms with E-state index in [4.69, 9.17) is 10.00 Å². The maximum Gasteiger partial charge on any atom is 0.227 e. The average Bonchev–Trinajstić information content (AvgIpc) is 2.54. The zero-order valence-electron chi connectivity index (χ0n) is 12.3. The van der Waals surface area contributed by atoms with E-state index >= 15 is 0 Å². The second-order valence-electron chi connectivity index (χ2n) is 5.21. The number of para-hydroxylation sites is 2. The molecule has 1 saturated heterocycles. The Morgan fingerprint density at radius 2 is 2.14 bits per heavy atom. The smallest absolute Gasteiger partial charge is 0.227 e. The number of rotatable bonds is 5. The number of nitrogens with one attached hydrogen (secondary N) is 1. The largest absolute Gasteiger partial charge is 0.495 e. The van der Waals surface area contributed by atoms with E-state index < -0.39 is 0 Å². The number of hydrogen-bond donors (Lipinski definition) is 1. The predicted octanol–water partition coefficient (Wildman–Crippen LogP) is 2.26. The highest BCUT2D eigenvalue weighted by molar-refractivity contribution is 5.94. The summed E-state index contributed by atoms with van der Waals surface area (Å²) in [6, 6.07) is 9.59. The van der Waals surface area contributed by atoms with Crippen LogP contribution in [0.2, 0.25) is 0 Å². The number of piperidine rings is 1. The van der Waals surface area contributed by atoms with Crippen LogP contribution >= 0.6 is 0 Å². The predicted molar refractivity (Wildman–Crippen MR) is 81.0 cm³/mol. The van der Waals surface area contributed by atoms with E-state index in [2.05, 4.69) is 16.3 Å². The number of methoxy groups -OCH3 is 1. The van der Waals surface area contributed by atoms with Gasteiger partial charge in [0.1, 0.15) is 5.75 Å². The van der Waals surface area contributed by atoms with Crippen LogP contribution in [0.5, 0.6) is 5.75 Å². The van der Waals surface area contributed by atoms with Crippen molar-refractivity contribution >= 4 is 11.6 Å². The van der Waals surface area contributed by atoms with Gasteiger partial charge in [-0.2, -0.15) is 5.26 Å². The molecule has 1 N–H and O–H groups in total. The number of anilines is 1. The van der Waals surface area contributed by atoms with Gasteiger partial charge in [0.05, 0.1) is 18.9 Å². The van der Waals surface area contributed by atoms with E-state index in [0.29, 0.717) is 12.2 Å². The van der Waals surface area contributed by atoms with Crippen LogP contribution in [0.25, 0.3) is 0 Å². The van der Waals surface area contributed by atoms with Crippen molar-refractivity contribution in [2.45, 2.75) is 19.3 Å². The third-order valence-electron chi connectivity index (χ3n) is 3.86. The first kappa shape index (κ1) is 15.3. The monoisotopic (exact) mass is 287 g/mol. The topological polar surface area (TPSA) is 65.4 Å². The molecule has 1 aromatic carbocycles. The summed E-state index contributed by atoms with van der Waals surface area (Å²) in [5.41, 5.74) is 0.719. The Balaban J connectivity index is 1.86. The van der Waals surface area contributed by atoms with E-state index in [1.54, 1.807) is 7.11 Å². The van der Waals surface area contributed by atoms with Gasteiger partial charge in [-0.25, -0.2) is 0 Å². The first-order chi connectivity index (χ1) is 10.2. The lowest BCUT2D eigenvalue weighted by atomic mass is 9.95. The molecule has 0 unspecified atom stereocenters. The minimum atomic E-state index is 0.0354. The summed E-state index contributed by atoms with van der Waals surface area (Å²) < 4.78 is 5.24. The third-order valence-corrected chi connectivity index (χ3v) is 3.86. The molecule has 2 rings (SSSR count). The molecule has 0 atom stereocenters. The Labute approximate surface area is 125 Å². The molecule has 0 bridgehead atoms. The maximum absolute atomic E-state index is 12.3. The zero-order valence-corrected chi connectivity index (χ0v) is 12.3. The number of benzene rings is 1. The van der Waals surface area contributed by atoms with Crippen LogP contribution < -0.4 is 10.1 Å². The van der Waals surface area contributed by atoms with Crippen molar-refractivity contribution in [2.75, 3.05) is 32.1 Å². The lowest BCUT2D eigenvalue weighted by molar-refractivity contribution is -0.121. The second-order valence-corrected chi connectivity index (χ2v) is 5.21. The molecule has 1 aromatic rings. The molecule has 1 aliphatic heterocycles. The molecule has 1 heterocycles. The van der Waals surface area contributed by atoms with Crippen molar-refractivity contribution in [3.8, 4) is 11.8 Å². The first-order valence-electron chi connectivity index (χ1n) is 7.27. The van der Waals surface area contributed by atoms with Crippen molar-refractivity contribution in [3.63, 3.8) is 0 Å². The summed E-state index contributed by atoms with van der Waals surface area (Å²) in [4.78, 5) is 14.6. The Morgan fingerprint density at radius 3 is 2.81 bits per heavy atom. The molecule has 0 radical (unpaired) electrons. The van der Waals surface area contributed by atoms with E-state index in [1.165, 1.54) is 0 Å². The summed E-state index contributed by atoms with van der Waals surface area (Å²) in [6.45, 7) is 2.56. The van der Waals surface area contributed by atoms with Crippen molar-refractivity contribution in [1.82, 2.24) is 4.90 Å². The number of carbonyl (C=O) groups is 1. The normalized spacial score (nSPS) is 16.2. The highest BCUT2D eigenvalue weighted by Crippen LogP contribution is 2.25. The number of hydrogen-bond acceptors (Lipinski definition) is 4. The van der Waals surface area contributed by atoms with Gasteiger partial charge in [0.25, 0.3) is 0 Å². The molecule has 0 aliphatic carbocycles. The second kappa shape index (κ2) is 7.65. The standard InChI is InChI=1S/C16H21N3O2/c1-21-15-6-3-2-5-14(15)18-16(20)13-7-11-19(12-8-13)10-4-9-17/h2-3,5-6,13H,4,7-8,10-12H2,1H3,(H,18,20). The molecule has 5 heteroatoms. The average molecular weight is 287 g/mol. The molecular weight excluding hydrogens is 266 g/mol. The Bertz CT molecular complexity index is 516. The van der Waals surface area contributed by atoms with Crippen molar-refractivity contribution in [2.24, 2.45) is 5.92 Å². The van der Waals surface area contributed by atoms with Gasteiger partial charge < -0.3 is 15.0 Å². The molecule has 112 valence electrons. The quantitative estimate of drug-likeness (QED) is 0.902. The fourth-order valence-corrected chi connectivity index (χ4v) is 2.61. The number of nitriles is 1. The molecule has 1 fully saturated rings. The minimum Gasteiger partial charge on any atom is -0.495 e. The number of nitrogens with zero attached hydrogens (tertiary/aromatic N) is 2. The fraction of sp³-hybridized carbons (Fsp3) is 0.500. The molecule has 1 amide bonds. The van der Waals surface area contributed by atoms with Gasteiger partial charge in [-0.05, 0) is 38.1 Å². The number of likely N-dealkylation sites (tertiary alicyclic amines) is 1. The van der Waals surface area contributed by atoms with Gasteiger partial charge in [-0.3, -0.25) is 4.79 Å². The van der Waals surface area contributed by atoms with Gasteiger partial charge in [-0.15, -0.1) is 0 Å². The summed E-state index contributed by atoms with van der Waals surface area (Å²) in [6.07, 6.45) is 2.23. The lowest BCUT2D eigenvalue weighted by Gasteiger charge is -2.30. The number of amides is 1. The zero-order chi connectivity index (χ0) is 15.1. The Kier molecular flexibility index (Phi) is 5.59. The summed E-state index contributed by atoms with van der Waals surface area (Å²) in [5.74, 6) is 0.769. The third kappa shape index (κ3) is 4.20. The van der Waals surface area contributed by atoms with E-state index in [0.717, 1.165) is 38.2 Å². The minimum absolute atomic E-state index is 0.0354. The fourth-order valence-electron chi connectivity index (χ4n) is 2.61. The van der Waals surface area contributed by atoms with E-state index in [-0.39, 0.29) is 11.8 Å². The Morgan fingerprint density at radius 1 is 1.43 bits per heavy atom. The highest BCUT2D eigenvalue weighted by atomic mass is 16.5. The van der Waals surface area contributed by atoms with Crippen LogP contribution in [-0.2, 0) is 4.79 Å². The molecule has 0 aromatic heterocycles. The Hall–Kier alpha value is -2.06. The van der Waals surface area contributed by atoms with E-state index in [1.807, 2.05) is 24.3 Å². The lowest BCUT2D eigenvalue weighted by Crippen LogP contribution is -2.38. The SMILES string of the molecule is COc1ccccc1NC(=O)C1CCN(CCC#N)CC1. The van der Waals surface area contributed by atoms with Crippen LogP contribution in [0.3, 0.4) is 0 Å². The number of ether oxygens (including phenoxy) is 1. The van der Waals surface area contributed by atoms with Crippen LogP contribution in [0, 0.1) is 17.2 Å². The molecule has 0 saturated carbocycles. The highest BCUT2D eigenvalue weighted by Gasteiger charge is 2.25. The van der Waals surface area contributed by atoms with Crippen LogP contribution in [-0.4, -0.2) is 37.6 Å². The summed E-state index contributed by atoms with van der Waals surface area (Å²) >= 11 is 0. The van der Waals surface area contributed by atoms with Gasteiger partial charge >= 0.3 is 0 Å². The van der Waals surface area contributed by atoms with Gasteiger partial charge in [-0.1, -0.05) is 12.1 Å². The van der Waals surface area contributed by atoms with Crippen LogP contribution in [0.15, 0.2) is 24.3 Å². The number of carbonyl (C=O) groups excluding carboxylic acids is 1. The van der Waals surface area contributed by atoms with Crippen LogP contribution in [0.1, 0.15) is 19.3 Å². The van der Waals surface area contributed by atoms with Crippen molar-refractivity contribution < 1.29 is 9.53 Å². The van der Waals surface area contributed by atoms with Gasteiger partial charge in [0.2, 0.25) is 5.91 Å². The van der Waals surface area contributed by atoms with Crippen molar-refractivity contribution in [1.29, 1.82) is 5.26 Å². The van der Waals surface area contributed by atoms with Gasteiger partial charge in [0.15, 0.2) is 0 Å². The molecular formula is C16H21N3O2. The molecule has 21 heavy (non-hydrogen) atoms. The van der Waals surface area contributed by atoms with Crippen molar-refractivity contribution in [3.05, 3.63) is 24.3 Å². The first-order valence-corrected chi connectivity index (χ1v) is 7.27. The molecule has 1 aliphatic rings. The summed E-state index contributed by atoms with van der Waals surface area (Å²) in [5, 5.41) is 11.6. The van der Waals surface area contributed by atoms with Gasteiger partial charge in [0, 0.05) is 18.9 Å².